The van der Waals surface area contributed by atoms with Crippen molar-refractivity contribution in [2.75, 3.05) is 17.1 Å². The van der Waals surface area contributed by atoms with Gasteiger partial charge in [-0.3, -0.25) is 13.9 Å². The maximum atomic E-state index is 13.5. The first-order valence-electron chi connectivity index (χ1n) is 11.1. The van der Waals surface area contributed by atoms with Gasteiger partial charge in [-0.15, -0.1) is 0 Å². The molecule has 10 heteroatoms. The first kappa shape index (κ1) is 26.2. The number of hydrogen-bond donors (Lipinski definition) is 1. The van der Waals surface area contributed by atoms with Gasteiger partial charge in [0, 0.05) is 17.1 Å². The molecule has 1 aliphatic carbocycles. The van der Waals surface area contributed by atoms with Crippen molar-refractivity contribution in [3.05, 3.63) is 64.4 Å². The number of sulfonamides is 1. The molecule has 3 rings (SSSR count). The highest BCUT2D eigenvalue weighted by Gasteiger charge is 2.31. The summed E-state index contributed by atoms with van der Waals surface area (Å²) in [6.45, 7) is 1.25. The summed E-state index contributed by atoms with van der Waals surface area (Å²) in [7, 11) is -3.85. The van der Waals surface area contributed by atoms with Crippen LogP contribution in [0.4, 0.5) is 10.1 Å². The number of rotatable bonds is 9. The molecule has 0 saturated heterocycles. The lowest BCUT2D eigenvalue weighted by Crippen LogP contribution is -2.52. The van der Waals surface area contributed by atoms with E-state index in [1.165, 1.54) is 17.0 Å². The quantitative estimate of drug-likeness (QED) is 0.511. The molecule has 1 fully saturated rings. The van der Waals surface area contributed by atoms with Gasteiger partial charge in [0.05, 0.1) is 11.9 Å². The lowest BCUT2D eigenvalue weighted by molar-refractivity contribution is -0.139. The molecule has 0 radical (unpaired) electrons. The van der Waals surface area contributed by atoms with E-state index in [1.807, 2.05) is 24.3 Å². The van der Waals surface area contributed by atoms with E-state index >= 15 is 0 Å². The van der Waals surface area contributed by atoms with E-state index in [4.69, 9.17) is 0 Å². The molecular formula is C24H29BrFN3O4S. The van der Waals surface area contributed by atoms with E-state index in [0.29, 0.717) is 0 Å². The Morgan fingerprint density at radius 3 is 2.38 bits per heavy atom. The minimum Gasteiger partial charge on any atom is -0.352 e. The first-order valence-corrected chi connectivity index (χ1v) is 13.8. The van der Waals surface area contributed by atoms with Gasteiger partial charge < -0.3 is 10.2 Å². The van der Waals surface area contributed by atoms with E-state index < -0.39 is 34.3 Å². The highest BCUT2D eigenvalue weighted by atomic mass is 79.9. The standard InChI is InChI=1S/C24H29BrFN3O4S/c1-17(24(31)27-21-8-3-4-9-21)28(15-18-6-5-7-19(25)14-18)23(30)16-29(34(2,32)33)22-12-10-20(26)11-13-22/h5-7,10-14,17,21H,3-4,8-9,15-16H2,1-2H3,(H,27,31)/t17-/m1/s1. The highest BCUT2D eigenvalue weighted by Crippen LogP contribution is 2.21. The molecule has 2 aromatic rings. The Labute approximate surface area is 208 Å². The number of nitrogens with one attached hydrogen (secondary N) is 1. The summed E-state index contributed by atoms with van der Waals surface area (Å²) in [6, 6.07) is 11.5. The van der Waals surface area contributed by atoms with Gasteiger partial charge in [0.25, 0.3) is 0 Å². The molecule has 34 heavy (non-hydrogen) atoms. The predicted octanol–water partition coefficient (Wildman–Crippen LogP) is 3.83. The zero-order chi connectivity index (χ0) is 24.9. The molecular weight excluding hydrogens is 525 g/mol. The van der Waals surface area contributed by atoms with Crippen LogP contribution in [0.25, 0.3) is 0 Å². The molecule has 0 aromatic heterocycles. The number of nitrogens with zero attached hydrogens (tertiary/aromatic N) is 2. The average Bonchev–Trinajstić information content (AvgIpc) is 3.28. The number of anilines is 1. The fraction of sp³-hybridized carbons (Fsp3) is 0.417. The number of carbonyl (C=O) groups is 2. The van der Waals surface area contributed by atoms with Crippen LogP contribution in [0.3, 0.4) is 0 Å². The summed E-state index contributed by atoms with van der Waals surface area (Å²) >= 11 is 3.42. The fourth-order valence-corrected chi connectivity index (χ4v) is 5.32. The Hall–Kier alpha value is -2.46. The van der Waals surface area contributed by atoms with Crippen LogP contribution in [0, 0.1) is 5.82 Å². The molecule has 1 N–H and O–H groups in total. The zero-order valence-electron chi connectivity index (χ0n) is 19.2. The van der Waals surface area contributed by atoms with Gasteiger partial charge in [0.1, 0.15) is 18.4 Å². The SMILES string of the molecule is C[C@H](C(=O)NC1CCCC1)N(Cc1cccc(Br)c1)C(=O)CN(c1ccc(F)cc1)S(C)(=O)=O. The Bertz CT molecular complexity index is 1120. The third kappa shape index (κ3) is 7.02. The highest BCUT2D eigenvalue weighted by molar-refractivity contribution is 9.10. The van der Waals surface area contributed by atoms with E-state index in [9.17, 15) is 22.4 Å². The second kappa shape index (κ2) is 11.3. The topological polar surface area (TPSA) is 86.8 Å². The zero-order valence-corrected chi connectivity index (χ0v) is 21.6. The Morgan fingerprint density at radius 2 is 1.79 bits per heavy atom. The van der Waals surface area contributed by atoms with Gasteiger partial charge in [0.15, 0.2) is 0 Å². The van der Waals surface area contributed by atoms with E-state index in [-0.39, 0.29) is 24.2 Å². The van der Waals surface area contributed by atoms with Gasteiger partial charge >= 0.3 is 0 Å². The van der Waals surface area contributed by atoms with Crippen LogP contribution in [-0.2, 0) is 26.2 Å². The minimum atomic E-state index is -3.85. The van der Waals surface area contributed by atoms with Crippen molar-refractivity contribution >= 4 is 43.5 Å². The van der Waals surface area contributed by atoms with Crippen LogP contribution in [-0.4, -0.2) is 50.0 Å². The molecule has 184 valence electrons. The molecule has 0 bridgehead atoms. The Kier molecular flexibility index (Phi) is 8.70. The van der Waals surface area contributed by atoms with E-state index in [2.05, 4.69) is 21.2 Å². The third-order valence-electron chi connectivity index (χ3n) is 5.90. The molecule has 7 nitrogen and oxygen atoms in total. The fourth-order valence-electron chi connectivity index (χ4n) is 4.03. The number of halogens is 2. The molecule has 2 aromatic carbocycles. The lowest BCUT2D eigenvalue weighted by Gasteiger charge is -2.32. The summed E-state index contributed by atoms with van der Waals surface area (Å²) in [5, 5.41) is 3.02. The second-order valence-corrected chi connectivity index (χ2v) is 11.4. The van der Waals surface area contributed by atoms with Crippen molar-refractivity contribution < 1.29 is 22.4 Å². The molecule has 1 saturated carbocycles. The molecule has 0 aliphatic heterocycles. The lowest BCUT2D eigenvalue weighted by atomic mass is 10.1. The average molecular weight is 554 g/mol. The summed E-state index contributed by atoms with van der Waals surface area (Å²) in [6.07, 6.45) is 4.91. The summed E-state index contributed by atoms with van der Waals surface area (Å²) in [5.41, 5.74) is 0.957. The van der Waals surface area contributed by atoms with Crippen molar-refractivity contribution in [2.24, 2.45) is 0 Å². The van der Waals surface area contributed by atoms with Gasteiger partial charge in [0.2, 0.25) is 21.8 Å². The maximum Gasteiger partial charge on any atom is 0.244 e. The van der Waals surface area contributed by atoms with Crippen LogP contribution < -0.4 is 9.62 Å². The van der Waals surface area contributed by atoms with Gasteiger partial charge in [-0.2, -0.15) is 0 Å². The van der Waals surface area contributed by atoms with E-state index in [1.54, 1.807) is 6.92 Å². The number of amides is 2. The normalized spacial score (nSPS) is 15.1. The van der Waals surface area contributed by atoms with Crippen LogP contribution in [0.1, 0.15) is 38.2 Å². The molecule has 1 aliphatic rings. The molecule has 1 atom stereocenters. The summed E-state index contributed by atoms with van der Waals surface area (Å²) in [4.78, 5) is 27.9. The van der Waals surface area contributed by atoms with Crippen molar-refractivity contribution in [1.29, 1.82) is 0 Å². The van der Waals surface area contributed by atoms with Crippen LogP contribution in [0.15, 0.2) is 53.0 Å². The second-order valence-electron chi connectivity index (χ2n) is 8.56. The van der Waals surface area contributed by atoms with Crippen LogP contribution >= 0.6 is 15.9 Å². The molecule has 0 unspecified atom stereocenters. The summed E-state index contributed by atoms with van der Waals surface area (Å²) in [5.74, 6) is -1.33. The van der Waals surface area contributed by atoms with Crippen molar-refractivity contribution in [3.8, 4) is 0 Å². The van der Waals surface area contributed by atoms with E-state index in [0.717, 1.165) is 58.4 Å². The monoisotopic (exact) mass is 553 g/mol. The van der Waals surface area contributed by atoms with Crippen LogP contribution in [0.5, 0.6) is 0 Å². The Balaban J connectivity index is 1.87. The van der Waals surface area contributed by atoms with Gasteiger partial charge in [-0.25, -0.2) is 12.8 Å². The maximum absolute atomic E-state index is 13.5. The molecule has 2 amide bonds. The summed E-state index contributed by atoms with van der Waals surface area (Å²) < 4.78 is 40.1. The third-order valence-corrected chi connectivity index (χ3v) is 7.54. The minimum absolute atomic E-state index is 0.0875. The first-order chi connectivity index (χ1) is 16.0. The van der Waals surface area contributed by atoms with Crippen molar-refractivity contribution in [3.63, 3.8) is 0 Å². The van der Waals surface area contributed by atoms with Crippen LogP contribution in [0.2, 0.25) is 0 Å². The van der Waals surface area contributed by atoms with Gasteiger partial charge in [-0.05, 0) is 61.7 Å². The number of hydrogen-bond acceptors (Lipinski definition) is 4. The Morgan fingerprint density at radius 1 is 1.15 bits per heavy atom. The number of carbonyl (C=O) groups excluding carboxylic acids is 2. The molecule has 0 heterocycles. The number of benzene rings is 2. The van der Waals surface area contributed by atoms with Crippen molar-refractivity contribution in [1.82, 2.24) is 10.2 Å². The largest absolute Gasteiger partial charge is 0.352 e. The van der Waals surface area contributed by atoms with Gasteiger partial charge in [-0.1, -0.05) is 40.9 Å². The van der Waals surface area contributed by atoms with Crippen molar-refractivity contribution in [2.45, 2.75) is 51.2 Å². The predicted molar refractivity (Wildman–Crippen MR) is 133 cm³/mol. The smallest absolute Gasteiger partial charge is 0.244 e. The molecule has 0 spiro atoms.